The van der Waals surface area contributed by atoms with E-state index in [1.807, 2.05) is 6.07 Å². The van der Waals surface area contributed by atoms with Crippen LogP contribution in [0.4, 0.5) is 0 Å². The molecule has 0 aliphatic rings. The molecule has 0 saturated carbocycles. The Hall–Kier alpha value is -0.610. The molecule has 0 fully saturated rings. The second kappa shape index (κ2) is 6.86. The first kappa shape index (κ1) is 13.5. The van der Waals surface area contributed by atoms with Crippen molar-refractivity contribution in [3.8, 4) is 0 Å². The van der Waals surface area contributed by atoms with E-state index in [1.165, 1.54) is 0 Å². The summed E-state index contributed by atoms with van der Waals surface area (Å²) in [6.07, 6.45) is 2.84. The van der Waals surface area contributed by atoms with E-state index in [1.54, 1.807) is 16.8 Å². The lowest BCUT2D eigenvalue weighted by atomic mass is 10.1. The van der Waals surface area contributed by atoms with Crippen molar-refractivity contribution in [2.75, 3.05) is 13.2 Å². The molecule has 0 spiro atoms. The number of hydrogen-bond acceptors (Lipinski definition) is 2. The standard InChI is InChI=1S/C12H18BrNO2/c1-10(2)5-8-16-9-7-14-6-3-4-11(13)12(14)15/h3-4,6,10H,5,7-9H2,1-2H3. The molecule has 0 aromatic carbocycles. The van der Waals surface area contributed by atoms with Crippen LogP contribution >= 0.6 is 15.9 Å². The molecule has 1 heterocycles. The second-order valence-corrected chi connectivity index (χ2v) is 5.00. The zero-order valence-electron chi connectivity index (χ0n) is 9.78. The highest BCUT2D eigenvalue weighted by Gasteiger charge is 1.99. The van der Waals surface area contributed by atoms with E-state index >= 15 is 0 Å². The van der Waals surface area contributed by atoms with Crippen LogP contribution in [-0.4, -0.2) is 17.8 Å². The number of hydrogen-bond donors (Lipinski definition) is 0. The predicted octanol–water partition coefficient (Wildman–Crippen LogP) is 2.67. The minimum absolute atomic E-state index is 0.00467. The normalized spacial score (nSPS) is 11.0. The Balaban J connectivity index is 2.32. The largest absolute Gasteiger partial charge is 0.380 e. The Morgan fingerprint density at radius 1 is 1.44 bits per heavy atom. The zero-order chi connectivity index (χ0) is 12.0. The van der Waals surface area contributed by atoms with Crippen LogP contribution in [0.5, 0.6) is 0 Å². The van der Waals surface area contributed by atoms with E-state index in [9.17, 15) is 4.79 Å². The minimum Gasteiger partial charge on any atom is -0.380 e. The molecule has 0 aliphatic heterocycles. The average molecular weight is 288 g/mol. The van der Waals surface area contributed by atoms with Crippen LogP contribution in [0.25, 0.3) is 0 Å². The van der Waals surface area contributed by atoms with Gasteiger partial charge >= 0.3 is 0 Å². The Bertz CT molecular complexity index is 374. The predicted molar refractivity (Wildman–Crippen MR) is 68.7 cm³/mol. The fraction of sp³-hybridized carbons (Fsp3) is 0.583. The molecule has 4 heteroatoms. The fourth-order valence-corrected chi connectivity index (χ4v) is 1.65. The smallest absolute Gasteiger partial charge is 0.264 e. The molecule has 1 aromatic rings. The number of rotatable bonds is 6. The topological polar surface area (TPSA) is 31.2 Å². The maximum Gasteiger partial charge on any atom is 0.264 e. The molecule has 0 radical (unpaired) electrons. The van der Waals surface area contributed by atoms with Gasteiger partial charge in [0.25, 0.3) is 5.56 Å². The van der Waals surface area contributed by atoms with Crippen LogP contribution < -0.4 is 5.56 Å². The summed E-state index contributed by atoms with van der Waals surface area (Å²) < 4.78 is 7.72. The molecule has 1 aromatic heterocycles. The van der Waals surface area contributed by atoms with Gasteiger partial charge in [-0.25, -0.2) is 0 Å². The summed E-state index contributed by atoms with van der Waals surface area (Å²) in [4.78, 5) is 11.6. The minimum atomic E-state index is -0.00467. The van der Waals surface area contributed by atoms with Gasteiger partial charge < -0.3 is 9.30 Å². The van der Waals surface area contributed by atoms with Crippen molar-refractivity contribution in [3.05, 3.63) is 33.2 Å². The summed E-state index contributed by atoms with van der Waals surface area (Å²) in [5.74, 6) is 0.661. The van der Waals surface area contributed by atoms with Gasteiger partial charge in [-0.15, -0.1) is 0 Å². The van der Waals surface area contributed by atoms with E-state index in [2.05, 4.69) is 29.8 Å². The van der Waals surface area contributed by atoms with Crippen LogP contribution in [0.3, 0.4) is 0 Å². The Morgan fingerprint density at radius 3 is 2.88 bits per heavy atom. The molecule has 3 nitrogen and oxygen atoms in total. The van der Waals surface area contributed by atoms with Crippen LogP contribution in [0.1, 0.15) is 20.3 Å². The molecule has 0 N–H and O–H groups in total. The number of pyridine rings is 1. The van der Waals surface area contributed by atoms with Gasteiger partial charge in [0.05, 0.1) is 11.1 Å². The lowest BCUT2D eigenvalue weighted by Gasteiger charge is -2.08. The van der Waals surface area contributed by atoms with Gasteiger partial charge in [-0.05, 0) is 40.4 Å². The first-order valence-electron chi connectivity index (χ1n) is 5.54. The van der Waals surface area contributed by atoms with E-state index < -0.39 is 0 Å². The summed E-state index contributed by atoms with van der Waals surface area (Å²) in [5, 5.41) is 0. The average Bonchev–Trinajstić information content (AvgIpc) is 2.23. The maximum absolute atomic E-state index is 11.6. The van der Waals surface area contributed by atoms with Gasteiger partial charge in [0.1, 0.15) is 0 Å². The van der Waals surface area contributed by atoms with Crippen molar-refractivity contribution in [2.45, 2.75) is 26.8 Å². The first-order valence-corrected chi connectivity index (χ1v) is 6.33. The third-order valence-corrected chi connectivity index (χ3v) is 2.89. The molecular formula is C12H18BrNO2. The van der Waals surface area contributed by atoms with E-state index in [-0.39, 0.29) is 5.56 Å². The number of nitrogens with zero attached hydrogens (tertiary/aromatic N) is 1. The molecule has 16 heavy (non-hydrogen) atoms. The SMILES string of the molecule is CC(C)CCOCCn1cccc(Br)c1=O. The quantitative estimate of drug-likeness (QED) is 0.754. The highest BCUT2D eigenvalue weighted by atomic mass is 79.9. The third-order valence-electron chi connectivity index (χ3n) is 2.29. The Labute approximate surface area is 105 Å². The molecule has 0 saturated heterocycles. The molecule has 1 rings (SSSR count). The number of aromatic nitrogens is 1. The fourth-order valence-electron chi connectivity index (χ4n) is 1.27. The first-order chi connectivity index (χ1) is 7.61. The summed E-state index contributed by atoms with van der Waals surface area (Å²) in [5.41, 5.74) is -0.00467. The van der Waals surface area contributed by atoms with Crippen molar-refractivity contribution in [2.24, 2.45) is 5.92 Å². The molecule has 90 valence electrons. The van der Waals surface area contributed by atoms with Crippen molar-refractivity contribution in [1.82, 2.24) is 4.57 Å². The number of ether oxygens (including phenoxy) is 1. The van der Waals surface area contributed by atoms with Crippen molar-refractivity contribution < 1.29 is 4.74 Å². The van der Waals surface area contributed by atoms with Crippen molar-refractivity contribution >= 4 is 15.9 Å². The Kier molecular flexibility index (Phi) is 5.77. The summed E-state index contributed by atoms with van der Waals surface area (Å²) in [7, 11) is 0. The van der Waals surface area contributed by atoms with E-state index in [4.69, 9.17) is 4.74 Å². The molecule has 0 aliphatic carbocycles. The van der Waals surface area contributed by atoms with Crippen LogP contribution in [0.15, 0.2) is 27.6 Å². The zero-order valence-corrected chi connectivity index (χ0v) is 11.4. The molecular weight excluding hydrogens is 270 g/mol. The monoisotopic (exact) mass is 287 g/mol. The van der Waals surface area contributed by atoms with E-state index in [0.29, 0.717) is 23.5 Å². The van der Waals surface area contributed by atoms with Crippen molar-refractivity contribution in [1.29, 1.82) is 0 Å². The molecule has 0 bridgehead atoms. The van der Waals surface area contributed by atoms with E-state index in [0.717, 1.165) is 13.0 Å². The van der Waals surface area contributed by atoms with Gasteiger partial charge in [0, 0.05) is 19.3 Å². The van der Waals surface area contributed by atoms with Crippen LogP contribution in [-0.2, 0) is 11.3 Å². The van der Waals surface area contributed by atoms with Crippen LogP contribution in [0, 0.1) is 5.92 Å². The molecule has 0 amide bonds. The summed E-state index contributed by atoms with van der Waals surface area (Å²) in [6, 6.07) is 3.60. The van der Waals surface area contributed by atoms with Crippen molar-refractivity contribution in [3.63, 3.8) is 0 Å². The van der Waals surface area contributed by atoms with Gasteiger partial charge in [0.15, 0.2) is 0 Å². The highest BCUT2D eigenvalue weighted by Crippen LogP contribution is 2.01. The van der Waals surface area contributed by atoms with Gasteiger partial charge in [-0.3, -0.25) is 4.79 Å². The highest BCUT2D eigenvalue weighted by molar-refractivity contribution is 9.10. The molecule has 0 unspecified atom stereocenters. The lowest BCUT2D eigenvalue weighted by molar-refractivity contribution is 0.115. The lowest BCUT2D eigenvalue weighted by Crippen LogP contribution is -2.22. The van der Waals surface area contributed by atoms with Crippen LogP contribution in [0.2, 0.25) is 0 Å². The summed E-state index contributed by atoms with van der Waals surface area (Å²) >= 11 is 3.21. The third kappa shape index (κ3) is 4.49. The maximum atomic E-state index is 11.6. The Morgan fingerprint density at radius 2 is 2.19 bits per heavy atom. The van der Waals surface area contributed by atoms with Gasteiger partial charge in [0.2, 0.25) is 0 Å². The summed E-state index contributed by atoms with van der Waals surface area (Å²) in [6.45, 7) is 6.30. The van der Waals surface area contributed by atoms with Gasteiger partial charge in [-0.1, -0.05) is 13.8 Å². The number of halogens is 1. The molecule has 0 atom stereocenters. The van der Waals surface area contributed by atoms with Gasteiger partial charge in [-0.2, -0.15) is 0 Å². The second-order valence-electron chi connectivity index (χ2n) is 4.15.